The Morgan fingerprint density at radius 3 is 2.81 bits per heavy atom. The van der Waals surface area contributed by atoms with E-state index >= 15 is 0 Å². The maximum absolute atomic E-state index is 9.42. The molecule has 1 aliphatic carbocycles. The summed E-state index contributed by atoms with van der Waals surface area (Å²) in [5, 5.41) is 13.0. The molecule has 1 fully saturated rings. The van der Waals surface area contributed by atoms with Gasteiger partial charge in [0.1, 0.15) is 0 Å². The SMILES string of the molecule is Cc1ccncc1CNC1CCC(O)CC1. The van der Waals surface area contributed by atoms with Gasteiger partial charge in [0, 0.05) is 25.0 Å². The van der Waals surface area contributed by atoms with Gasteiger partial charge in [-0.05, 0) is 49.8 Å². The molecule has 0 unspecified atom stereocenters. The van der Waals surface area contributed by atoms with Gasteiger partial charge in [0.05, 0.1) is 6.10 Å². The van der Waals surface area contributed by atoms with Crippen LogP contribution in [0.4, 0.5) is 0 Å². The van der Waals surface area contributed by atoms with Gasteiger partial charge in [0.2, 0.25) is 0 Å². The monoisotopic (exact) mass is 220 g/mol. The van der Waals surface area contributed by atoms with Crippen LogP contribution in [0.2, 0.25) is 0 Å². The first-order chi connectivity index (χ1) is 7.75. The zero-order valence-electron chi connectivity index (χ0n) is 9.82. The Hall–Kier alpha value is -0.930. The predicted molar refractivity (Wildman–Crippen MR) is 64.1 cm³/mol. The van der Waals surface area contributed by atoms with E-state index in [0.29, 0.717) is 6.04 Å². The standard InChI is InChI=1S/C13H20N2O/c1-10-6-7-14-8-11(10)9-15-12-2-4-13(16)5-3-12/h6-8,12-13,15-16H,2-5,9H2,1H3. The van der Waals surface area contributed by atoms with Gasteiger partial charge in [0.15, 0.2) is 0 Å². The van der Waals surface area contributed by atoms with Gasteiger partial charge in [-0.15, -0.1) is 0 Å². The first-order valence-electron chi connectivity index (χ1n) is 6.06. The number of aromatic nitrogens is 1. The topological polar surface area (TPSA) is 45.2 Å². The van der Waals surface area contributed by atoms with Crippen molar-refractivity contribution in [1.29, 1.82) is 0 Å². The van der Waals surface area contributed by atoms with Crippen LogP contribution < -0.4 is 5.32 Å². The van der Waals surface area contributed by atoms with Gasteiger partial charge in [0.25, 0.3) is 0 Å². The highest BCUT2D eigenvalue weighted by Crippen LogP contribution is 2.18. The molecule has 0 bridgehead atoms. The Morgan fingerprint density at radius 2 is 2.12 bits per heavy atom. The number of hydrogen-bond donors (Lipinski definition) is 2. The molecule has 88 valence electrons. The number of pyridine rings is 1. The van der Waals surface area contributed by atoms with Crippen LogP contribution in [0, 0.1) is 6.92 Å². The zero-order chi connectivity index (χ0) is 11.4. The van der Waals surface area contributed by atoms with Crippen LogP contribution in [0.5, 0.6) is 0 Å². The van der Waals surface area contributed by atoms with E-state index in [2.05, 4.69) is 17.2 Å². The molecule has 3 heteroatoms. The van der Waals surface area contributed by atoms with Crippen LogP contribution in [0.3, 0.4) is 0 Å². The fraction of sp³-hybridized carbons (Fsp3) is 0.615. The molecule has 2 N–H and O–H groups in total. The third-order valence-corrected chi connectivity index (χ3v) is 3.43. The maximum atomic E-state index is 9.42. The molecule has 1 aromatic rings. The molecule has 1 saturated carbocycles. The second-order valence-corrected chi connectivity index (χ2v) is 4.69. The molecule has 16 heavy (non-hydrogen) atoms. The van der Waals surface area contributed by atoms with E-state index in [1.54, 1.807) is 0 Å². The Labute approximate surface area is 96.9 Å². The molecule has 0 atom stereocenters. The number of nitrogens with zero attached hydrogens (tertiary/aromatic N) is 1. The lowest BCUT2D eigenvalue weighted by atomic mass is 9.93. The minimum Gasteiger partial charge on any atom is -0.393 e. The van der Waals surface area contributed by atoms with Crippen molar-refractivity contribution in [3.63, 3.8) is 0 Å². The Balaban J connectivity index is 1.81. The third kappa shape index (κ3) is 3.03. The number of aliphatic hydroxyl groups excluding tert-OH is 1. The largest absolute Gasteiger partial charge is 0.393 e. The molecule has 1 aliphatic rings. The quantitative estimate of drug-likeness (QED) is 0.816. The molecular formula is C13H20N2O. The lowest BCUT2D eigenvalue weighted by molar-refractivity contribution is 0.116. The van der Waals surface area contributed by atoms with Crippen molar-refractivity contribution in [2.45, 2.75) is 51.3 Å². The zero-order valence-corrected chi connectivity index (χ0v) is 9.82. The van der Waals surface area contributed by atoms with E-state index in [0.717, 1.165) is 32.2 Å². The van der Waals surface area contributed by atoms with Gasteiger partial charge in [-0.25, -0.2) is 0 Å². The minimum absolute atomic E-state index is 0.0711. The molecule has 0 amide bonds. The van der Waals surface area contributed by atoms with Gasteiger partial charge >= 0.3 is 0 Å². The number of nitrogens with one attached hydrogen (secondary N) is 1. The van der Waals surface area contributed by atoms with Crippen molar-refractivity contribution in [3.8, 4) is 0 Å². The summed E-state index contributed by atoms with van der Waals surface area (Å²) in [5.41, 5.74) is 2.56. The maximum Gasteiger partial charge on any atom is 0.0541 e. The van der Waals surface area contributed by atoms with E-state index in [1.807, 2.05) is 18.5 Å². The summed E-state index contributed by atoms with van der Waals surface area (Å²) in [5.74, 6) is 0. The molecule has 2 rings (SSSR count). The van der Waals surface area contributed by atoms with Gasteiger partial charge < -0.3 is 10.4 Å². The lowest BCUT2D eigenvalue weighted by Gasteiger charge is -2.26. The number of aryl methyl sites for hydroxylation is 1. The van der Waals surface area contributed by atoms with E-state index in [-0.39, 0.29) is 6.10 Å². The summed E-state index contributed by atoms with van der Waals surface area (Å²) in [6, 6.07) is 2.60. The molecular weight excluding hydrogens is 200 g/mol. The van der Waals surface area contributed by atoms with Gasteiger partial charge in [-0.3, -0.25) is 4.98 Å². The van der Waals surface area contributed by atoms with Crippen LogP contribution in [-0.2, 0) is 6.54 Å². The summed E-state index contributed by atoms with van der Waals surface area (Å²) < 4.78 is 0. The van der Waals surface area contributed by atoms with Crippen molar-refractivity contribution >= 4 is 0 Å². The molecule has 0 saturated heterocycles. The number of aliphatic hydroxyl groups is 1. The van der Waals surface area contributed by atoms with Crippen LogP contribution in [-0.4, -0.2) is 22.2 Å². The van der Waals surface area contributed by atoms with Crippen molar-refractivity contribution < 1.29 is 5.11 Å². The Morgan fingerprint density at radius 1 is 1.38 bits per heavy atom. The molecule has 1 heterocycles. The van der Waals surface area contributed by atoms with Crippen molar-refractivity contribution in [2.24, 2.45) is 0 Å². The molecule has 0 spiro atoms. The summed E-state index contributed by atoms with van der Waals surface area (Å²) >= 11 is 0. The fourth-order valence-corrected chi connectivity index (χ4v) is 2.22. The molecule has 3 nitrogen and oxygen atoms in total. The second-order valence-electron chi connectivity index (χ2n) is 4.69. The second kappa shape index (κ2) is 5.41. The fourth-order valence-electron chi connectivity index (χ4n) is 2.22. The summed E-state index contributed by atoms with van der Waals surface area (Å²) in [7, 11) is 0. The van der Waals surface area contributed by atoms with E-state index < -0.39 is 0 Å². The van der Waals surface area contributed by atoms with Crippen LogP contribution in [0.15, 0.2) is 18.5 Å². The van der Waals surface area contributed by atoms with Gasteiger partial charge in [-0.1, -0.05) is 0 Å². The first kappa shape index (κ1) is 11.6. The number of hydrogen-bond acceptors (Lipinski definition) is 3. The smallest absolute Gasteiger partial charge is 0.0541 e. The van der Waals surface area contributed by atoms with Crippen molar-refractivity contribution in [2.75, 3.05) is 0 Å². The Bertz CT molecular complexity index is 332. The van der Waals surface area contributed by atoms with Crippen LogP contribution in [0.25, 0.3) is 0 Å². The summed E-state index contributed by atoms with van der Waals surface area (Å²) in [4.78, 5) is 4.14. The number of rotatable bonds is 3. The average molecular weight is 220 g/mol. The van der Waals surface area contributed by atoms with E-state index in [4.69, 9.17) is 0 Å². The highest BCUT2D eigenvalue weighted by Gasteiger charge is 2.18. The predicted octanol–water partition coefficient (Wildman–Crippen LogP) is 1.78. The minimum atomic E-state index is -0.0711. The van der Waals surface area contributed by atoms with E-state index in [9.17, 15) is 5.11 Å². The Kier molecular flexibility index (Phi) is 3.91. The molecule has 0 radical (unpaired) electrons. The lowest BCUT2D eigenvalue weighted by Crippen LogP contribution is -2.34. The van der Waals surface area contributed by atoms with Crippen LogP contribution in [0.1, 0.15) is 36.8 Å². The molecule has 0 aromatic carbocycles. The average Bonchev–Trinajstić information content (AvgIpc) is 2.30. The molecule has 1 aromatic heterocycles. The van der Waals surface area contributed by atoms with Crippen molar-refractivity contribution in [1.82, 2.24) is 10.3 Å². The highest BCUT2D eigenvalue weighted by molar-refractivity contribution is 5.21. The van der Waals surface area contributed by atoms with Crippen molar-refractivity contribution in [3.05, 3.63) is 29.6 Å². The van der Waals surface area contributed by atoms with Crippen LogP contribution >= 0.6 is 0 Å². The van der Waals surface area contributed by atoms with Gasteiger partial charge in [-0.2, -0.15) is 0 Å². The third-order valence-electron chi connectivity index (χ3n) is 3.43. The summed E-state index contributed by atoms with van der Waals surface area (Å²) in [6.45, 7) is 3.00. The molecule has 0 aliphatic heterocycles. The van der Waals surface area contributed by atoms with E-state index in [1.165, 1.54) is 11.1 Å². The normalized spacial score (nSPS) is 25.6. The summed E-state index contributed by atoms with van der Waals surface area (Å²) in [6.07, 6.45) is 7.72. The highest BCUT2D eigenvalue weighted by atomic mass is 16.3. The first-order valence-corrected chi connectivity index (χ1v) is 6.06.